The molecular formula is C25H23N3O6. The summed E-state index contributed by atoms with van der Waals surface area (Å²) in [6, 6.07) is 14.8. The molecule has 2 aliphatic rings. The number of nitrogens with zero attached hydrogens (tertiary/aromatic N) is 2. The van der Waals surface area contributed by atoms with Gasteiger partial charge in [-0.3, -0.25) is 9.59 Å². The highest BCUT2D eigenvalue weighted by Crippen LogP contribution is 2.44. The number of carbonyl (C=O) groups is 4. The zero-order valence-corrected chi connectivity index (χ0v) is 18.5. The Kier molecular flexibility index (Phi) is 6.50. The summed E-state index contributed by atoms with van der Waals surface area (Å²) in [6.45, 7) is -0.488. The summed E-state index contributed by atoms with van der Waals surface area (Å²) < 4.78 is 5.40. The van der Waals surface area contributed by atoms with Gasteiger partial charge in [0, 0.05) is 13.0 Å². The van der Waals surface area contributed by atoms with Crippen LogP contribution in [-0.4, -0.2) is 78.1 Å². The lowest BCUT2D eigenvalue weighted by Gasteiger charge is -2.35. The van der Waals surface area contributed by atoms with Gasteiger partial charge >= 0.3 is 12.1 Å². The number of benzene rings is 2. The van der Waals surface area contributed by atoms with Gasteiger partial charge in [0.1, 0.15) is 19.2 Å². The first-order valence-corrected chi connectivity index (χ1v) is 10.7. The fourth-order valence-corrected chi connectivity index (χ4v) is 4.22. The van der Waals surface area contributed by atoms with Gasteiger partial charge in [0.15, 0.2) is 0 Å². The molecule has 0 radical (unpaired) electrons. The van der Waals surface area contributed by atoms with E-state index in [1.54, 1.807) is 0 Å². The zero-order chi connectivity index (χ0) is 24.2. The van der Waals surface area contributed by atoms with Crippen LogP contribution >= 0.6 is 0 Å². The molecule has 9 heteroatoms. The number of hydrogen-bond donors (Lipinski definition) is 2. The van der Waals surface area contributed by atoms with E-state index in [-0.39, 0.29) is 38.1 Å². The number of ether oxygens (including phenoxy) is 1. The van der Waals surface area contributed by atoms with Crippen molar-refractivity contribution in [2.45, 2.75) is 12.0 Å². The Bertz CT molecular complexity index is 1170. The summed E-state index contributed by atoms with van der Waals surface area (Å²) in [7, 11) is 1.48. The van der Waals surface area contributed by atoms with Gasteiger partial charge in [-0.2, -0.15) is 0 Å². The summed E-state index contributed by atoms with van der Waals surface area (Å²) >= 11 is 0. The van der Waals surface area contributed by atoms with Crippen LogP contribution in [0.4, 0.5) is 4.79 Å². The van der Waals surface area contributed by atoms with E-state index in [0.29, 0.717) is 0 Å². The smallest absolute Gasteiger partial charge is 0.407 e. The molecule has 2 N–H and O–H groups in total. The van der Waals surface area contributed by atoms with Crippen molar-refractivity contribution in [3.63, 3.8) is 0 Å². The van der Waals surface area contributed by atoms with Gasteiger partial charge in [-0.1, -0.05) is 54.5 Å². The van der Waals surface area contributed by atoms with Crippen LogP contribution in [0.1, 0.15) is 17.0 Å². The molecule has 0 bridgehead atoms. The fourth-order valence-electron chi connectivity index (χ4n) is 4.22. The van der Waals surface area contributed by atoms with E-state index >= 15 is 0 Å². The molecule has 4 rings (SSSR count). The molecule has 1 aliphatic heterocycles. The van der Waals surface area contributed by atoms with Crippen molar-refractivity contribution in [2.75, 3.05) is 33.3 Å². The van der Waals surface area contributed by atoms with Gasteiger partial charge in [-0.05, 0) is 28.2 Å². The van der Waals surface area contributed by atoms with Crippen LogP contribution in [-0.2, 0) is 19.1 Å². The van der Waals surface area contributed by atoms with Crippen molar-refractivity contribution in [3.05, 3.63) is 59.7 Å². The number of alkyl carbamates (subject to hydrolysis) is 1. The molecule has 2 aromatic rings. The van der Waals surface area contributed by atoms with Crippen molar-refractivity contribution >= 4 is 23.9 Å². The van der Waals surface area contributed by atoms with E-state index in [1.807, 2.05) is 48.5 Å². The van der Waals surface area contributed by atoms with Gasteiger partial charge in [0.05, 0.1) is 13.1 Å². The number of likely N-dealkylation sites (N-methyl/N-ethyl adjacent to an activating group) is 1. The Hall–Kier alpha value is -4.32. The van der Waals surface area contributed by atoms with Crippen molar-refractivity contribution < 1.29 is 29.0 Å². The lowest BCUT2D eigenvalue weighted by Crippen LogP contribution is -2.59. The number of hydrogen-bond acceptors (Lipinski definition) is 5. The molecule has 1 fully saturated rings. The monoisotopic (exact) mass is 461 g/mol. The number of amides is 3. The van der Waals surface area contributed by atoms with Crippen LogP contribution in [0.3, 0.4) is 0 Å². The molecule has 0 saturated carbocycles. The van der Waals surface area contributed by atoms with E-state index in [1.165, 1.54) is 11.9 Å². The third kappa shape index (κ3) is 4.57. The van der Waals surface area contributed by atoms with Gasteiger partial charge in [-0.15, -0.1) is 0 Å². The molecule has 3 amide bonds. The number of carboxylic acids is 1. The Morgan fingerprint density at radius 3 is 2.32 bits per heavy atom. The second-order valence-corrected chi connectivity index (χ2v) is 8.04. The summed E-state index contributed by atoms with van der Waals surface area (Å²) in [6.07, 6.45) is -0.679. The zero-order valence-electron chi connectivity index (χ0n) is 18.5. The Morgan fingerprint density at radius 1 is 1.09 bits per heavy atom. The van der Waals surface area contributed by atoms with Crippen LogP contribution in [0.15, 0.2) is 48.5 Å². The largest absolute Gasteiger partial charge is 0.480 e. The standard InChI is InChI=1S/C25H23N3O6/c1-27-13-21(24(31)32)28(14-23(27)30)22(29)11-6-12-26-25(33)34-15-20-18-9-4-2-7-16(18)17-8-3-5-10-19(17)20/h2-5,7-10,20-21H,12-15H2,1H3,(H,26,33)(H,31,32). The van der Waals surface area contributed by atoms with Gasteiger partial charge in [-0.25, -0.2) is 9.59 Å². The van der Waals surface area contributed by atoms with Gasteiger partial charge < -0.3 is 25.0 Å². The van der Waals surface area contributed by atoms with E-state index in [2.05, 4.69) is 17.2 Å². The molecule has 1 atom stereocenters. The SMILES string of the molecule is CN1CC(C(=O)O)N(C(=O)C#CCNC(=O)OCC2c3ccccc3-c3ccccc32)CC1=O. The van der Waals surface area contributed by atoms with Crippen molar-refractivity contribution in [1.29, 1.82) is 0 Å². The number of carbonyl (C=O) groups excluding carboxylic acids is 3. The summed E-state index contributed by atoms with van der Waals surface area (Å²) in [5.41, 5.74) is 4.44. The predicted octanol–water partition coefficient (Wildman–Crippen LogP) is 1.28. The van der Waals surface area contributed by atoms with Crippen LogP contribution < -0.4 is 5.32 Å². The molecular weight excluding hydrogens is 438 g/mol. The van der Waals surface area contributed by atoms with Gasteiger partial charge in [0.25, 0.3) is 5.91 Å². The average molecular weight is 461 g/mol. The molecule has 1 aliphatic carbocycles. The highest BCUT2D eigenvalue weighted by molar-refractivity contribution is 5.99. The third-order valence-corrected chi connectivity index (χ3v) is 5.96. The van der Waals surface area contributed by atoms with E-state index in [9.17, 15) is 24.3 Å². The number of carboxylic acid groups (broad SMARTS) is 1. The average Bonchev–Trinajstić information content (AvgIpc) is 3.15. The maximum absolute atomic E-state index is 12.3. The van der Waals surface area contributed by atoms with Crippen molar-refractivity contribution in [2.24, 2.45) is 0 Å². The number of aliphatic carboxylic acids is 1. The number of piperazine rings is 1. The molecule has 2 aromatic carbocycles. The minimum absolute atomic E-state index is 0.0754. The molecule has 0 aromatic heterocycles. The second-order valence-electron chi connectivity index (χ2n) is 8.04. The quantitative estimate of drug-likeness (QED) is 0.663. The van der Waals surface area contributed by atoms with E-state index in [4.69, 9.17) is 4.74 Å². The molecule has 1 saturated heterocycles. The Labute approximate surface area is 196 Å². The second kappa shape index (κ2) is 9.67. The van der Waals surface area contributed by atoms with E-state index in [0.717, 1.165) is 27.2 Å². The van der Waals surface area contributed by atoms with Crippen LogP contribution in [0, 0.1) is 11.8 Å². The summed E-state index contributed by atoms with van der Waals surface area (Å²) in [5, 5.41) is 11.8. The first-order valence-electron chi connectivity index (χ1n) is 10.7. The fraction of sp³-hybridized carbons (Fsp3) is 0.280. The number of rotatable bonds is 4. The molecule has 1 unspecified atom stereocenters. The van der Waals surface area contributed by atoms with Crippen LogP contribution in [0.2, 0.25) is 0 Å². The maximum Gasteiger partial charge on any atom is 0.407 e. The first kappa shape index (κ1) is 22.9. The highest BCUT2D eigenvalue weighted by Gasteiger charge is 2.37. The van der Waals surface area contributed by atoms with Crippen LogP contribution in [0.5, 0.6) is 0 Å². The van der Waals surface area contributed by atoms with E-state index < -0.39 is 24.0 Å². The van der Waals surface area contributed by atoms with Crippen LogP contribution in [0.25, 0.3) is 11.1 Å². The lowest BCUT2D eigenvalue weighted by molar-refractivity contribution is -0.156. The summed E-state index contributed by atoms with van der Waals surface area (Å²) in [5.74, 6) is 2.32. The molecule has 1 heterocycles. The van der Waals surface area contributed by atoms with Gasteiger partial charge in [0.2, 0.25) is 5.91 Å². The lowest BCUT2D eigenvalue weighted by atomic mass is 9.98. The molecule has 34 heavy (non-hydrogen) atoms. The molecule has 9 nitrogen and oxygen atoms in total. The number of nitrogens with one attached hydrogen (secondary N) is 1. The van der Waals surface area contributed by atoms with Crippen molar-refractivity contribution in [3.8, 4) is 23.0 Å². The molecule has 174 valence electrons. The van der Waals surface area contributed by atoms with Crippen molar-refractivity contribution in [1.82, 2.24) is 15.1 Å². The number of fused-ring (bicyclic) bond motifs is 3. The Balaban J connectivity index is 1.31. The Morgan fingerprint density at radius 2 is 1.71 bits per heavy atom. The molecule has 0 spiro atoms. The minimum atomic E-state index is -1.22. The summed E-state index contributed by atoms with van der Waals surface area (Å²) in [4.78, 5) is 49.9. The third-order valence-electron chi connectivity index (χ3n) is 5.96. The maximum atomic E-state index is 12.3. The topological polar surface area (TPSA) is 116 Å². The minimum Gasteiger partial charge on any atom is -0.480 e. The first-order chi connectivity index (χ1) is 16.4. The highest BCUT2D eigenvalue weighted by atomic mass is 16.5. The predicted molar refractivity (Wildman–Crippen MR) is 122 cm³/mol. The normalized spacial score (nSPS) is 16.7.